The largest absolute Gasteiger partial charge is 0.322 e. The number of thiophene rings is 1. The van der Waals surface area contributed by atoms with Gasteiger partial charge in [-0.1, -0.05) is 42.0 Å². The first-order valence-corrected chi connectivity index (χ1v) is 11.2. The number of carbonyl (C=O) groups is 2. The number of hydrazone groups is 1. The smallest absolute Gasteiger partial charge is 0.256 e. The summed E-state index contributed by atoms with van der Waals surface area (Å²) < 4.78 is 0. The topological polar surface area (TPSA) is 70.6 Å². The molecule has 5 nitrogen and oxygen atoms in total. The molecule has 0 aliphatic heterocycles. The summed E-state index contributed by atoms with van der Waals surface area (Å²) in [5.74, 6) is 0.103. The SMILES string of the molecule is C/C(=N/NC(=O)[C@H]1C[C@H]1c1ccc(C)cc1)c1ccc(NC(=O)c2csc(C)c2)cc1. The van der Waals surface area contributed by atoms with Gasteiger partial charge in [0.05, 0.1) is 11.3 Å². The molecule has 0 saturated heterocycles. The number of benzene rings is 2. The maximum absolute atomic E-state index is 12.4. The van der Waals surface area contributed by atoms with Crippen molar-refractivity contribution in [3.05, 3.63) is 87.1 Å². The lowest BCUT2D eigenvalue weighted by molar-refractivity contribution is -0.122. The number of aryl methyl sites for hydroxylation is 2. The fraction of sp³-hybridized carbons (Fsp3) is 0.240. The minimum atomic E-state index is -0.123. The zero-order valence-corrected chi connectivity index (χ0v) is 18.6. The number of rotatable bonds is 6. The minimum Gasteiger partial charge on any atom is -0.322 e. The monoisotopic (exact) mass is 431 g/mol. The van der Waals surface area contributed by atoms with E-state index < -0.39 is 0 Å². The van der Waals surface area contributed by atoms with E-state index in [1.165, 1.54) is 11.1 Å². The summed E-state index contributed by atoms with van der Waals surface area (Å²) in [4.78, 5) is 25.8. The van der Waals surface area contributed by atoms with Crippen LogP contribution in [0.1, 0.15) is 51.2 Å². The molecule has 2 amide bonds. The fourth-order valence-corrected chi connectivity index (χ4v) is 4.20. The van der Waals surface area contributed by atoms with E-state index in [0.29, 0.717) is 17.0 Å². The number of nitrogens with zero attached hydrogens (tertiary/aromatic N) is 1. The molecule has 158 valence electrons. The van der Waals surface area contributed by atoms with Crippen molar-refractivity contribution in [1.29, 1.82) is 0 Å². The van der Waals surface area contributed by atoms with Crippen molar-refractivity contribution in [2.45, 2.75) is 33.1 Å². The Morgan fingerprint density at radius 1 is 1.00 bits per heavy atom. The highest BCUT2D eigenvalue weighted by molar-refractivity contribution is 7.10. The molecule has 1 aliphatic rings. The second kappa shape index (κ2) is 8.86. The van der Waals surface area contributed by atoms with Gasteiger partial charge in [0.1, 0.15) is 0 Å². The second-order valence-corrected chi connectivity index (χ2v) is 9.13. The van der Waals surface area contributed by atoms with Crippen LogP contribution in [0.15, 0.2) is 65.1 Å². The number of hydrogen-bond acceptors (Lipinski definition) is 4. The Morgan fingerprint density at radius 2 is 1.71 bits per heavy atom. The predicted octanol–water partition coefficient (Wildman–Crippen LogP) is 5.26. The molecule has 3 aromatic rings. The molecule has 0 unspecified atom stereocenters. The summed E-state index contributed by atoms with van der Waals surface area (Å²) in [5.41, 5.74) is 8.11. The molecule has 31 heavy (non-hydrogen) atoms. The van der Waals surface area contributed by atoms with Gasteiger partial charge in [-0.15, -0.1) is 11.3 Å². The van der Waals surface area contributed by atoms with Crippen molar-refractivity contribution in [1.82, 2.24) is 5.43 Å². The summed E-state index contributed by atoms with van der Waals surface area (Å²) in [7, 11) is 0. The van der Waals surface area contributed by atoms with E-state index in [1.807, 2.05) is 49.6 Å². The highest BCUT2D eigenvalue weighted by Crippen LogP contribution is 2.47. The first-order valence-electron chi connectivity index (χ1n) is 10.3. The first kappa shape index (κ1) is 21.0. The molecule has 0 spiro atoms. The van der Waals surface area contributed by atoms with Gasteiger partial charge in [-0.2, -0.15) is 5.10 Å². The molecule has 1 saturated carbocycles. The number of nitrogens with one attached hydrogen (secondary N) is 2. The quantitative estimate of drug-likeness (QED) is 0.413. The van der Waals surface area contributed by atoms with Gasteiger partial charge in [-0.25, -0.2) is 5.43 Å². The van der Waals surface area contributed by atoms with E-state index in [1.54, 1.807) is 11.3 Å². The van der Waals surface area contributed by atoms with Gasteiger partial charge in [0, 0.05) is 21.9 Å². The van der Waals surface area contributed by atoms with Crippen molar-refractivity contribution in [3.63, 3.8) is 0 Å². The first-order chi connectivity index (χ1) is 14.9. The van der Waals surface area contributed by atoms with Crippen molar-refractivity contribution in [3.8, 4) is 0 Å². The average molecular weight is 432 g/mol. The molecule has 4 rings (SSSR count). The van der Waals surface area contributed by atoms with Gasteiger partial charge in [0.2, 0.25) is 5.91 Å². The summed E-state index contributed by atoms with van der Waals surface area (Å²) >= 11 is 1.55. The number of amides is 2. The average Bonchev–Trinajstić information content (AvgIpc) is 3.45. The maximum Gasteiger partial charge on any atom is 0.256 e. The van der Waals surface area contributed by atoms with Gasteiger partial charge < -0.3 is 5.32 Å². The Morgan fingerprint density at radius 3 is 2.35 bits per heavy atom. The summed E-state index contributed by atoms with van der Waals surface area (Å²) in [6.07, 6.45) is 0.863. The molecule has 2 atom stereocenters. The Balaban J connectivity index is 1.31. The van der Waals surface area contributed by atoms with Crippen molar-refractivity contribution < 1.29 is 9.59 Å². The molecule has 2 N–H and O–H groups in total. The second-order valence-electron chi connectivity index (χ2n) is 8.01. The zero-order chi connectivity index (χ0) is 22.0. The van der Waals surface area contributed by atoms with E-state index >= 15 is 0 Å². The van der Waals surface area contributed by atoms with Crippen LogP contribution in [-0.2, 0) is 4.79 Å². The van der Waals surface area contributed by atoms with Crippen LogP contribution in [0.4, 0.5) is 5.69 Å². The van der Waals surface area contributed by atoms with Crippen LogP contribution in [0.2, 0.25) is 0 Å². The van der Waals surface area contributed by atoms with E-state index in [9.17, 15) is 9.59 Å². The molecule has 1 fully saturated rings. The highest BCUT2D eigenvalue weighted by atomic mass is 32.1. The number of hydrogen-bond donors (Lipinski definition) is 2. The zero-order valence-electron chi connectivity index (χ0n) is 17.8. The van der Waals surface area contributed by atoms with Gasteiger partial charge >= 0.3 is 0 Å². The molecular formula is C25H25N3O2S. The molecule has 1 heterocycles. The Kier molecular flexibility index (Phi) is 6.00. The van der Waals surface area contributed by atoms with Crippen LogP contribution >= 0.6 is 11.3 Å². The highest BCUT2D eigenvalue weighted by Gasteiger charge is 2.43. The lowest BCUT2D eigenvalue weighted by Gasteiger charge is -2.06. The van der Waals surface area contributed by atoms with Crippen LogP contribution in [0.3, 0.4) is 0 Å². The molecular weight excluding hydrogens is 406 g/mol. The van der Waals surface area contributed by atoms with Gasteiger partial charge in [-0.3, -0.25) is 9.59 Å². The summed E-state index contributed by atoms with van der Waals surface area (Å²) in [6.45, 7) is 5.89. The molecule has 6 heteroatoms. The van der Waals surface area contributed by atoms with Crippen molar-refractivity contribution >= 4 is 34.6 Å². The third-order valence-electron chi connectivity index (χ3n) is 5.52. The van der Waals surface area contributed by atoms with Crippen LogP contribution in [-0.4, -0.2) is 17.5 Å². The Bertz CT molecular complexity index is 1130. The summed E-state index contributed by atoms with van der Waals surface area (Å²) in [6, 6.07) is 17.7. The van der Waals surface area contributed by atoms with E-state index in [2.05, 4.69) is 47.0 Å². The van der Waals surface area contributed by atoms with Gasteiger partial charge in [-0.05, 0) is 62.4 Å². The predicted molar refractivity (Wildman–Crippen MR) is 126 cm³/mol. The van der Waals surface area contributed by atoms with E-state index in [-0.39, 0.29) is 23.7 Å². The Labute approximate surface area is 186 Å². The summed E-state index contributed by atoms with van der Waals surface area (Å²) in [5, 5.41) is 9.01. The molecule has 1 aromatic heterocycles. The minimum absolute atomic E-state index is 0.0161. The normalized spacial score (nSPS) is 17.8. The third kappa shape index (κ3) is 5.09. The fourth-order valence-electron chi connectivity index (χ4n) is 3.51. The van der Waals surface area contributed by atoms with Crippen LogP contribution in [0, 0.1) is 19.8 Å². The van der Waals surface area contributed by atoms with Crippen LogP contribution in [0.5, 0.6) is 0 Å². The van der Waals surface area contributed by atoms with Gasteiger partial charge in [0.15, 0.2) is 0 Å². The maximum atomic E-state index is 12.4. The molecule has 0 bridgehead atoms. The van der Waals surface area contributed by atoms with Crippen LogP contribution < -0.4 is 10.7 Å². The number of anilines is 1. The van der Waals surface area contributed by atoms with Crippen molar-refractivity contribution in [2.75, 3.05) is 5.32 Å². The van der Waals surface area contributed by atoms with E-state index in [0.717, 1.165) is 16.9 Å². The third-order valence-corrected chi connectivity index (χ3v) is 6.38. The van der Waals surface area contributed by atoms with Crippen LogP contribution in [0.25, 0.3) is 0 Å². The van der Waals surface area contributed by atoms with Crippen molar-refractivity contribution in [2.24, 2.45) is 11.0 Å². The lowest BCUT2D eigenvalue weighted by atomic mass is 10.1. The molecule has 0 radical (unpaired) electrons. The van der Waals surface area contributed by atoms with Gasteiger partial charge in [0.25, 0.3) is 5.91 Å². The lowest BCUT2D eigenvalue weighted by Crippen LogP contribution is -2.21. The van der Waals surface area contributed by atoms with E-state index in [4.69, 9.17) is 0 Å². The standard InChI is InChI=1S/C25H25N3O2S/c1-15-4-6-19(7-5-15)22-13-23(22)25(30)28-27-17(3)18-8-10-21(11-9-18)26-24(29)20-12-16(2)31-14-20/h4-12,14,22-23H,13H2,1-3H3,(H,26,29)(H,28,30)/b27-17-/t22-,23-/m0/s1. The molecule has 1 aliphatic carbocycles. The Hall–Kier alpha value is -3.25. The molecule has 2 aromatic carbocycles. The number of carbonyl (C=O) groups excluding carboxylic acids is 2.